The Balaban J connectivity index is 1.66. The van der Waals surface area contributed by atoms with Gasteiger partial charge in [0, 0.05) is 0 Å². The third-order valence-electron chi connectivity index (χ3n) is 6.85. The molecule has 0 unspecified atom stereocenters. The van der Waals surface area contributed by atoms with Gasteiger partial charge in [-0.1, -0.05) is 0 Å². The first-order valence-electron chi connectivity index (χ1n) is 12.5. The number of aromatic nitrogens is 4. The van der Waals surface area contributed by atoms with Crippen LogP contribution in [0.2, 0.25) is 13.3 Å². The van der Waals surface area contributed by atoms with Crippen LogP contribution >= 0.6 is 0 Å². The van der Waals surface area contributed by atoms with Gasteiger partial charge in [-0.15, -0.1) is 0 Å². The van der Waals surface area contributed by atoms with E-state index >= 15 is 0 Å². The molecule has 0 spiro atoms. The molecule has 3 aromatic heterocycles. The summed E-state index contributed by atoms with van der Waals surface area (Å²) in [6.45, 7) is 6.98. The molecule has 0 fully saturated rings. The van der Waals surface area contributed by atoms with E-state index in [1.54, 1.807) is 9.78 Å². The van der Waals surface area contributed by atoms with Crippen molar-refractivity contribution in [1.29, 1.82) is 0 Å². The van der Waals surface area contributed by atoms with Gasteiger partial charge in [0.1, 0.15) is 0 Å². The molecule has 6 heteroatoms. The third kappa shape index (κ3) is 5.50. The number of aromatic amines is 1. The van der Waals surface area contributed by atoms with Crippen molar-refractivity contribution in [2.75, 3.05) is 0 Å². The maximum atomic E-state index is 5.40. The number of H-pyrrole nitrogens is 1. The summed E-state index contributed by atoms with van der Waals surface area (Å²) in [6, 6.07) is 10.7. The monoisotopic (exact) mass is 552 g/mol. The second kappa shape index (κ2) is 11.3. The number of nitrogens with one attached hydrogen (secondary N) is 1. The number of unbranched alkanes of at least 4 members (excludes halogenated alkanes) is 3. The van der Waals surface area contributed by atoms with Gasteiger partial charge in [-0.25, -0.2) is 0 Å². The molecule has 0 radical (unpaired) electrons. The average Bonchev–Trinajstić information content (AvgIpc) is 3.54. The summed E-state index contributed by atoms with van der Waals surface area (Å²) >= 11 is -2.51. The molecule has 0 saturated heterocycles. The van der Waals surface area contributed by atoms with Crippen LogP contribution in [0.3, 0.4) is 0 Å². The van der Waals surface area contributed by atoms with Crippen LogP contribution in [-0.2, 0) is 0 Å². The number of oxazole rings is 1. The van der Waals surface area contributed by atoms with Crippen molar-refractivity contribution in [3.63, 3.8) is 0 Å². The number of nitrogens with zero attached hydrogens (tertiary/aromatic N) is 3. The summed E-state index contributed by atoms with van der Waals surface area (Å²) < 4.78 is 11.3. The summed E-state index contributed by atoms with van der Waals surface area (Å²) in [5.41, 5.74) is 3.95. The predicted molar refractivity (Wildman–Crippen MR) is 139 cm³/mol. The zero-order valence-corrected chi connectivity index (χ0v) is 23.1. The molecule has 3 heterocycles. The minimum absolute atomic E-state index is 0.771. The number of rotatable bonds is 12. The fraction of sp³-hybridized carbons (Fsp3) is 0.444. The molecule has 4 rings (SSSR count). The van der Waals surface area contributed by atoms with Gasteiger partial charge >= 0.3 is 202 Å². The third-order valence-corrected chi connectivity index (χ3v) is 22.3. The molecule has 0 bridgehead atoms. The van der Waals surface area contributed by atoms with Gasteiger partial charge in [-0.3, -0.25) is 0 Å². The normalized spacial score (nSPS) is 12.0. The molecule has 5 nitrogen and oxygen atoms in total. The SMILES string of the molecule is CCC[CH2][Sn]([CH2]CCC)([CH2]CCC)[c]1cnc2nc(-c3ccc(-c4cnco4)cc3)[nH]c2c1. The van der Waals surface area contributed by atoms with Crippen molar-refractivity contribution in [3.05, 3.63) is 49.1 Å². The van der Waals surface area contributed by atoms with Crippen LogP contribution < -0.4 is 3.58 Å². The molecule has 0 aliphatic heterocycles. The van der Waals surface area contributed by atoms with E-state index in [0.717, 1.165) is 33.9 Å². The van der Waals surface area contributed by atoms with E-state index in [2.05, 4.69) is 55.1 Å². The average molecular weight is 551 g/mol. The Morgan fingerprint density at radius 3 is 2.06 bits per heavy atom. The van der Waals surface area contributed by atoms with E-state index < -0.39 is 18.4 Å². The Morgan fingerprint density at radius 2 is 1.48 bits per heavy atom. The molecule has 4 aromatic rings. The van der Waals surface area contributed by atoms with E-state index in [-0.39, 0.29) is 0 Å². The van der Waals surface area contributed by atoms with E-state index in [9.17, 15) is 0 Å². The summed E-state index contributed by atoms with van der Waals surface area (Å²) in [5, 5.41) is 0. The molecule has 1 aromatic carbocycles. The van der Waals surface area contributed by atoms with E-state index in [1.807, 2.05) is 12.1 Å². The van der Waals surface area contributed by atoms with Crippen molar-refractivity contribution in [3.8, 4) is 22.7 Å². The molecule has 174 valence electrons. The number of hydrogen-bond acceptors (Lipinski definition) is 4. The van der Waals surface area contributed by atoms with Crippen LogP contribution in [0.4, 0.5) is 0 Å². The van der Waals surface area contributed by atoms with E-state index in [1.165, 1.54) is 58.2 Å². The Labute approximate surface area is 201 Å². The van der Waals surface area contributed by atoms with Crippen LogP contribution in [0.1, 0.15) is 59.3 Å². The summed E-state index contributed by atoms with van der Waals surface area (Å²) in [4.78, 5) is 17.2. The van der Waals surface area contributed by atoms with Gasteiger partial charge in [0.05, 0.1) is 0 Å². The second-order valence-electron chi connectivity index (χ2n) is 9.21. The molecular formula is C27H36N4OSn. The Kier molecular flexibility index (Phi) is 8.23. The van der Waals surface area contributed by atoms with Gasteiger partial charge in [0.15, 0.2) is 0 Å². The number of fused-ring (bicyclic) bond motifs is 1. The molecular weight excluding hydrogens is 515 g/mol. The van der Waals surface area contributed by atoms with E-state index in [0.29, 0.717) is 0 Å². The maximum absolute atomic E-state index is 5.40. The molecule has 0 atom stereocenters. The fourth-order valence-corrected chi connectivity index (χ4v) is 20.5. The van der Waals surface area contributed by atoms with Crippen LogP contribution in [0.25, 0.3) is 33.9 Å². The number of hydrogen-bond donors (Lipinski definition) is 1. The van der Waals surface area contributed by atoms with Crippen molar-refractivity contribution in [2.24, 2.45) is 0 Å². The van der Waals surface area contributed by atoms with Gasteiger partial charge < -0.3 is 0 Å². The molecule has 0 amide bonds. The number of imidazole rings is 1. The Morgan fingerprint density at radius 1 is 0.848 bits per heavy atom. The van der Waals surface area contributed by atoms with Crippen LogP contribution in [0, 0.1) is 0 Å². The molecule has 0 saturated carbocycles. The van der Waals surface area contributed by atoms with Gasteiger partial charge in [-0.05, 0) is 0 Å². The first-order chi connectivity index (χ1) is 16.2. The minimum atomic E-state index is -2.51. The fourth-order valence-electron chi connectivity index (χ4n) is 4.83. The van der Waals surface area contributed by atoms with Crippen molar-refractivity contribution >= 4 is 33.1 Å². The zero-order valence-electron chi connectivity index (χ0n) is 20.2. The van der Waals surface area contributed by atoms with Crippen LogP contribution in [-0.4, -0.2) is 38.3 Å². The Hall–Kier alpha value is -2.15. The van der Waals surface area contributed by atoms with Crippen molar-refractivity contribution in [1.82, 2.24) is 19.9 Å². The second-order valence-corrected chi connectivity index (χ2v) is 22.5. The van der Waals surface area contributed by atoms with Crippen LogP contribution in [0.5, 0.6) is 0 Å². The topological polar surface area (TPSA) is 67.6 Å². The summed E-state index contributed by atoms with van der Waals surface area (Å²) in [6.07, 6.45) is 13.3. The first kappa shape index (κ1) is 24.0. The Bertz CT molecular complexity index is 1110. The van der Waals surface area contributed by atoms with Gasteiger partial charge in [-0.2, -0.15) is 0 Å². The molecule has 1 N–H and O–H groups in total. The van der Waals surface area contributed by atoms with Gasteiger partial charge in [0.25, 0.3) is 0 Å². The summed E-state index contributed by atoms with van der Waals surface area (Å²) in [7, 11) is 0. The van der Waals surface area contributed by atoms with Crippen molar-refractivity contribution in [2.45, 2.75) is 72.6 Å². The van der Waals surface area contributed by atoms with Crippen molar-refractivity contribution < 1.29 is 4.42 Å². The van der Waals surface area contributed by atoms with Crippen LogP contribution in [0.15, 0.2) is 53.5 Å². The quantitative estimate of drug-likeness (QED) is 0.187. The summed E-state index contributed by atoms with van der Waals surface area (Å²) in [5.74, 6) is 1.64. The molecule has 33 heavy (non-hydrogen) atoms. The number of benzene rings is 1. The molecule has 0 aliphatic rings. The first-order valence-corrected chi connectivity index (χ1v) is 20.0. The number of pyridine rings is 1. The van der Waals surface area contributed by atoms with E-state index in [4.69, 9.17) is 14.4 Å². The standard InChI is InChI=1S/C15H9N4O.3C4H9.Sn/c1-2-12-15(17-7-1)19-14(18-12)11-5-3-10(4-6-11)13-8-16-9-20-13;3*1-3-4-2;/h2-9H,(H,17,18,19);3*1,3-4H2,2H3;. The zero-order chi connectivity index (χ0) is 23.1. The predicted octanol–water partition coefficient (Wildman–Crippen LogP) is 7.34. The molecule has 0 aliphatic carbocycles. The van der Waals surface area contributed by atoms with Gasteiger partial charge in [0.2, 0.25) is 0 Å².